The predicted molar refractivity (Wildman–Crippen MR) is 61.0 cm³/mol. The zero-order chi connectivity index (χ0) is 11.8. The molecule has 15 heavy (non-hydrogen) atoms. The molecule has 0 spiro atoms. The normalized spacial score (nSPS) is 18.3. The first-order valence-corrected chi connectivity index (χ1v) is 6.76. The molecule has 3 nitrogen and oxygen atoms in total. The van der Waals surface area contributed by atoms with Gasteiger partial charge in [0.1, 0.15) is 0 Å². The van der Waals surface area contributed by atoms with Crippen LogP contribution in [0.2, 0.25) is 0 Å². The molecule has 0 bridgehead atoms. The van der Waals surface area contributed by atoms with Gasteiger partial charge in [0.05, 0.1) is 0 Å². The van der Waals surface area contributed by atoms with E-state index in [0.717, 1.165) is 13.1 Å². The standard InChI is InChI=1S/C7H5NO2S2.2ClH.Cu/c9-6(11)4-2-1-3-5(8-4)7(10)12;;;/h1-4H,(H,10,12);2*1H;/q-1;;;+2/p-3. The van der Waals surface area contributed by atoms with Gasteiger partial charge in [0, 0.05) is 5.12 Å². The van der Waals surface area contributed by atoms with Gasteiger partial charge in [0.2, 0.25) is 5.12 Å². The first kappa shape index (κ1) is 15.2. The third kappa shape index (κ3) is 6.35. The van der Waals surface area contributed by atoms with Gasteiger partial charge in [-0.2, -0.15) is 0 Å². The van der Waals surface area contributed by atoms with Crippen LogP contribution < -0.4 is 0 Å². The van der Waals surface area contributed by atoms with Gasteiger partial charge in [-0.15, -0.1) is 5.70 Å². The Kier molecular flexibility index (Phi) is 8.42. The van der Waals surface area contributed by atoms with Crippen LogP contribution in [-0.4, -0.2) is 16.3 Å². The van der Waals surface area contributed by atoms with Gasteiger partial charge in [-0.1, -0.05) is 18.2 Å². The molecule has 0 amide bonds. The van der Waals surface area contributed by atoms with E-state index >= 15 is 0 Å². The Hall–Kier alpha value is 0.159. The van der Waals surface area contributed by atoms with E-state index in [-0.39, 0.29) is 5.70 Å². The molecule has 0 N–H and O–H groups in total. The number of nitrogens with zero attached hydrogens (tertiary/aromatic N) is 1. The van der Waals surface area contributed by atoms with Gasteiger partial charge in [0.25, 0.3) is 0 Å². The first-order valence-electron chi connectivity index (χ1n) is 3.35. The van der Waals surface area contributed by atoms with Crippen LogP contribution in [0.5, 0.6) is 0 Å². The average Bonchev–Trinajstić information content (AvgIpc) is 2.19. The van der Waals surface area contributed by atoms with Crippen molar-refractivity contribution in [2.24, 2.45) is 0 Å². The summed E-state index contributed by atoms with van der Waals surface area (Å²) in [6, 6.07) is -0.716. The second kappa shape index (κ2) is 8.33. The van der Waals surface area contributed by atoms with Crippen molar-refractivity contribution in [2.45, 2.75) is 6.04 Å². The molecule has 88 valence electrons. The average molecular weight is 333 g/mol. The Bertz CT molecular complexity index is 309. The third-order valence-corrected chi connectivity index (χ3v) is 1.73. The molecule has 1 radical (unpaired) electrons. The van der Waals surface area contributed by atoms with Crippen LogP contribution >= 0.6 is 32.8 Å². The summed E-state index contributed by atoms with van der Waals surface area (Å²) in [5.74, 6) is 0. The maximum absolute atomic E-state index is 10.7. The number of carbonyl (C=O) groups is 2. The van der Waals surface area contributed by atoms with E-state index in [1.807, 2.05) is 0 Å². The molecule has 1 unspecified atom stereocenters. The summed E-state index contributed by atoms with van der Waals surface area (Å²) < 4.78 is 0. The molecule has 0 saturated carbocycles. The summed E-state index contributed by atoms with van der Waals surface area (Å²) in [6.45, 7) is 0. The van der Waals surface area contributed by atoms with Crippen molar-refractivity contribution in [1.82, 2.24) is 0 Å². The van der Waals surface area contributed by atoms with E-state index < -0.39 is 16.3 Å². The molecule has 0 aromatic rings. The van der Waals surface area contributed by atoms with E-state index in [1.54, 1.807) is 6.08 Å². The molecule has 0 aromatic heterocycles. The molecular weight excluding hydrogens is 329 g/mol. The Morgan fingerprint density at radius 3 is 2.47 bits per heavy atom. The number of hydrogen-bond donors (Lipinski definition) is 0. The van der Waals surface area contributed by atoms with E-state index in [4.69, 9.17) is 0 Å². The molecule has 1 aliphatic rings. The van der Waals surface area contributed by atoms with Crippen LogP contribution in [0, 0.1) is 0 Å². The van der Waals surface area contributed by atoms with Crippen LogP contribution in [0.25, 0.3) is 5.32 Å². The van der Waals surface area contributed by atoms with Gasteiger partial charge in [0.15, 0.2) is 0 Å². The predicted octanol–water partition coefficient (Wildman–Crippen LogP) is 2.36. The molecular formula is C7H4Cl2CuNO2S2-2. The van der Waals surface area contributed by atoms with Crippen molar-refractivity contribution in [2.75, 3.05) is 0 Å². The van der Waals surface area contributed by atoms with Crippen LogP contribution in [-0.2, 0) is 35.4 Å². The van der Waals surface area contributed by atoms with Gasteiger partial charge >= 0.3 is 33.3 Å². The summed E-state index contributed by atoms with van der Waals surface area (Å²) >= 11 is 9.50. The SMILES string of the molecule is O=C([S-])C1=CC=CC(C(=O)[S])[N-]1.[Cl][Cu][Cl]. The van der Waals surface area contributed by atoms with Crippen LogP contribution in [0.4, 0.5) is 0 Å². The van der Waals surface area contributed by atoms with Gasteiger partial charge < -0.3 is 22.7 Å². The van der Waals surface area contributed by atoms with Crippen molar-refractivity contribution >= 4 is 55.7 Å². The van der Waals surface area contributed by atoms with Crippen LogP contribution in [0.15, 0.2) is 23.9 Å². The summed E-state index contributed by atoms with van der Waals surface area (Å²) in [7, 11) is 9.34. The maximum atomic E-state index is 10.7. The minimum atomic E-state index is -0.716. The molecule has 0 aromatic carbocycles. The second-order valence-electron chi connectivity index (χ2n) is 2.16. The molecule has 0 fully saturated rings. The zero-order valence-corrected chi connectivity index (χ0v) is 11.0. The number of hydrogen-bond acceptors (Lipinski definition) is 3. The number of carbonyl (C=O) groups excluding carboxylic acids is 2. The molecule has 0 aliphatic carbocycles. The summed E-state index contributed by atoms with van der Waals surface area (Å²) in [5.41, 5.74) is 0.121. The van der Waals surface area contributed by atoms with Crippen molar-refractivity contribution in [1.29, 1.82) is 0 Å². The molecule has 0 saturated heterocycles. The first-order chi connectivity index (χ1) is 7.02. The molecule has 8 heteroatoms. The monoisotopic (exact) mass is 331 g/mol. The molecule has 1 atom stereocenters. The van der Waals surface area contributed by atoms with Crippen molar-refractivity contribution in [3.8, 4) is 0 Å². The Balaban J connectivity index is 0.000000583. The van der Waals surface area contributed by atoms with Gasteiger partial charge in [-0.3, -0.25) is 4.79 Å². The van der Waals surface area contributed by atoms with E-state index in [1.165, 1.54) is 12.2 Å². The second-order valence-corrected chi connectivity index (χ2v) is 4.49. The summed E-state index contributed by atoms with van der Waals surface area (Å²) in [4.78, 5) is 21.3. The van der Waals surface area contributed by atoms with E-state index in [0.29, 0.717) is 0 Å². The minimum absolute atomic E-state index is 0.121. The van der Waals surface area contributed by atoms with Gasteiger partial charge in [-0.25, -0.2) is 0 Å². The topological polar surface area (TPSA) is 48.2 Å². The van der Waals surface area contributed by atoms with Crippen molar-refractivity contribution in [3.63, 3.8) is 0 Å². The summed E-state index contributed by atoms with van der Waals surface area (Å²) in [6.07, 6.45) is 4.54. The fourth-order valence-electron chi connectivity index (χ4n) is 0.740. The van der Waals surface area contributed by atoms with Crippen molar-refractivity contribution < 1.29 is 22.7 Å². The Labute approximate surface area is 113 Å². The zero-order valence-electron chi connectivity index (χ0n) is 6.95. The molecule has 1 aliphatic heterocycles. The van der Waals surface area contributed by atoms with Crippen molar-refractivity contribution in [3.05, 3.63) is 29.2 Å². The van der Waals surface area contributed by atoms with E-state index in [9.17, 15) is 9.59 Å². The van der Waals surface area contributed by atoms with E-state index in [2.05, 4.69) is 50.8 Å². The molecule has 1 rings (SSSR count). The third-order valence-electron chi connectivity index (χ3n) is 1.28. The van der Waals surface area contributed by atoms with Crippen LogP contribution in [0.1, 0.15) is 0 Å². The van der Waals surface area contributed by atoms with Gasteiger partial charge in [-0.05, 0) is 18.7 Å². The fraction of sp³-hybridized carbons (Fsp3) is 0.143. The number of halogens is 2. The summed E-state index contributed by atoms with van der Waals surface area (Å²) in [5, 5.41) is 2.67. The molecule has 1 heterocycles. The van der Waals surface area contributed by atoms with Crippen LogP contribution in [0.3, 0.4) is 0 Å². The number of allylic oxidation sites excluding steroid dienone is 2. The quantitative estimate of drug-likeness (QED) is 0.576. The Morgan fingerprint density at radius 2 is 2.07 bits per heavy atom. The number of rotatable bonds is 2. The Morgan fingerprint density at radius 1 is 1.53 bits per heavy atom. The fourth-order valence-corrected chi connectivity index (χ4v) is 0.992.